The monoisotopic (exact) mass is 402 g/mol. The van der Waals surface area contributed by atoms with Crippen molar-refractivity contribution in [2.45, 2.75) is 19.5 Å². The number of nitrogens with one attached hydrogen (secondary N) is 1. The first-order valence-corrected chi connectivity index (χ1v) is 8.57. The third-order valence-electron chi connectivity index (χ3n) is 4.00. The molecule has 1 N–H and O–H groups in total. The summed E-state index contributed by atoms with van der Waals surface area (Å²) in [4.78, 5) is 24.3. The van der Waals surface area contributed by atoms with Gasteiger partial charge in [0, 0.05) is 22.1 Å². The number of halogens is 2. The SMILES string of the molecule is CC(NC(=O)Cn1ccc(=O)c2ccc(Br)cc21)c1ccc(F)cc1. The molecule has 0 aliphatic carbocycles. The zero-order valence-corrected chi connectivity index (χ0v) is 15.1. The molecular weight excluding hydrogens is 387 g/mol. The molecule has 0 fully saturated rings. The van der Waals surface area contributed by atoms with Crippen molar-refractivity contribution in [3.05, 3.63) is 80.8 Å². The first kappa shape index (κ1) is 17.4. The Morgan fingerprint density at radius 3 is 2.64 bits per heavy atom. The number of aromatic nitrogens is 1. The van der Waals surface area contributed by atoms with Gasteiger partial charge in [-0.05, 0) is 42.8 Å². The zero-order chi connectivity index (χ0) is 18.0. The van der Waals surface area contributed by atoms with Gasteiger partial charge < -0.3 is 9.88 Å². The van der Waals surface area contributed by atoms with Gasteiger partial charge in [0.1, 0.15) is 12.4 Å². The molecule has 4 nitrogen and oxygen atoms in total. The molecule has 25 heavy (non-hydrogen) atoms. The highest BCUT2D eigenvalue weighted by Gasteiger charge is 2.12. The van der Waals surface area contributed by atoms with Crippen molar-refractivity contribution in [1.82, 2.24) is 9.88 Å². The van der Waals surface area contributed by atoms with Gasteiger partial charge in [-0.2, -0.15) is 0 Å². The molecule has 1 amide bonds. The van der Waals surface area contributed by atoms with Crippen LogP contribution >= 0.6 is 15.9 Å². The van der Waals surface area contributed by atoms with Gasteiger partial charge in [0.05, 0.1) is 11.6 Å². The van der Waals surface area contributed by atoms with E-state index >= 15 is 0 Å². The Morgan fingerprint density at radius 2 is 1.92 bits per heavy atom. The number of fused-ring (bicyclic) bond motifs is 1. The van der Waals surface area contributed by atoms with Crippen molar-refractivity contribution >= 4 is 32.7 Å². The summed E-state index contributed by atoms with van der Waals surface area (Å²) in [6, 6.07) is 12.6. The minimum Gasteiger partial charge on any atom is -0.348 e. The number of carbonyl (C=O) groups excluding carboxylic acids is 1. The van der Waals surface area contributed by atoms with Gasteiger partial charge in [-0.3, -0.25) is 9.59 Å². The Bertz CT molecular complexity index is 983. The molecule has 128 valence electrons. The molecular formula is C19H16BrFN2O2. The van der Waals surface area contributed by atoms with E-state index in [0.29, 0.717) is 10.9 Å². The fourth-order valence-corrected chi connectivity index (χ4v) is 3.04. The van der Waals surface area contributed by atoms with Crippen LogP contribution in [0.15, 0.2) is 64.0 Å². The van der Waals surface area contributed by atoms with Crippen molar-refractivity contribution in [1.29, 1.82) is 0 Å². The fourth-order valence-electron chi connectivity index (χ4n) is 2.69. The van der Waals surface area contributed by atoms with Crippen LogP contribution < -0.4 is 10.7 Å². The Hall–Kier alpha value is -2.47. The van der Waals surface area contributed by atoms with Crippen LogP contribution in [-0.4, -0.2) is 10.5 Å². The van der Waals surface area contributed by atoms with Gasteiger partial charge in [0.2, 0.25) is 5.91 Å². The molecule has 0 bridgehead atoms. The summed E-state index contributed by atoms with van der Waals surface area (Å²) in [5.74, 6) is -0.505. The second-order valence-electron chi connectivity index (χ2n) is 5.81. The molecule has 1 heterocycles. The molecule has 0 aliphatic heterocycles. The van der Waals surface area contributed by atoms with Gasteiger partial charge in [-0.25, -0.2) is 4.39 Å². The molecule has 2 aromatic carbocycles. The quantitative estimate of drug-likeness (QED) is 0.721. The molecule has 3 aromatic rings. The Labute approximate surface area is 152 Å². The molecule has 1 aromatic heterocycles. The number of benzene rings is 2. The van der Waals surface area contributed by atoms with E-state index in [9.17, 15) is 14.0 Å². The second kappa shape index (κ2) is 7.19. The van der Waals surface area contributed by atoms with Gasteiger partial charge in [-0.15, -0.1) is 0 Å². The zero-order valence-electron chi connectivity index (χ0n) is 13.5. The van der Waals surface area contributed by atoms with E-state index in [1.807, 2.05) is 13.0 Å². The van der Waals surface area contributed by atoms with Crippen molar-refractivity contribution in [2.75, 3.05) is 0 Å². The summed E-state index contributed by atoms with van der Waals surface area (Å²) in [7, 11) is 0. The molecule has 0 spiro atoms. The highest BCUT2D eigenvalue weighted by Crippen LogP contribution is 2.18. The summed E-state index contributed by atoms with van der Waals surface area (Å²) in [6.45, 7) is 1.92. The first-order valence-electron chi connectivity index (χ1n) is 7.77. The molecule has 0 saturated carbocycles. The molecule has 1 atom stereocenters. The van der Waals surface area contributed by atoms with E-state index in [2.05, 4.69) is 21.2 Å². The normalized spacial score (nSPS) is 12.1. The minimum atomic E-state index is -0.312. The van der Waals surface area contributed by atoms with E-state index in [-0.39, 0.29) is 29.7 Å². The van der Waals surface area contributed by atoms with Crippen LogP contribution in [0.25, 0.3) is 10.9 Å². The maximum absolute atomic E-state index is 13.0. The number of rotatable bonds is 4. The molecule has 0 saturated heterocycles. The highest BCUT2D eigenvalue weighted by atomic mass is 79.9. The molecule has 0 aliphatic rings. The van der Waals surface area contributed by atoms with Crippen molar-refractivity contribution in [3.63, 3.8) is 0 Å². The van der Waals surface area contributed by atoms with Crippen molar-refractivity contribution < 1.29 is 9.18 Å². The van der Waals surface area contributed by atoms with Gasteiger partial charge >= 0.3 is 0 Å². The van der Waals surface area contributed by atoms with Gasteiger partial charge in [0.15, 0.2) is 5.43 Å². The van der Waals surface area contributed by atoms with E-state index < -0.39 is 0 Å². The number of hydrogen-bond acceptors (Lipinski definition) is 2. The van der Waals surface area contributed by atoms with Crippen LogP contribution in [0.3, 0.4) is 0 Å². The Balaban J connectivity index is 1.80. The van der Waals surface area contributed by atoms with Crippen LogP contribution in [0.1, 0.15) is 18.5 Å². The molecule has 6 heteroatoms. The maximum Gasteiger partial charge on any atom is 0.240 e. The van der Waals surface area contributed by atoms with Crippen molar-refractivity contribution in [2.24, 2.45) is 0 Å². The van der Waals surface area contributed by atoms with Crippen LogP contribution in [0, 0.1) is 5.82 Å². The number of amides is 1. The number of nitrogens with zero attached hydrogens (tertiary/aromatic N) is 1. The van der Waals surface area contributed by atoms with Crippen LogP contribution in [0.5, 0.6) is 0 Å². The largest absolute Gasteiger partial charge is 0.348 e. The van der Waals surface area contributed by atoms with Crippen molar-refractivity contribution in [3.8, 4) is 0 Å². The average molecular weight is 403 g/mol. The number of pyridine rings is 1. The van der Waals surface area contributed by atoms with Gasteiger partial charge in [0.25, 0.3) is 0 Å². The van der Waals surface area contributed by atoms with E-state index in [1.165, 1.54) is 18.2 Å². The third kappa shape index (κ3) is 3.96. The first-order chi connectivity index (χ1) is 11.9. The summed E-state index contributed by atoms with van der Waals surface area (Å²) in [6.07, 6.45) is 1.61. The summed E-state index contributed by atoms with van der Waals surface area (Å²) in [5.41, 5.74) is 1.42. The van der Waals surface area contributed by atoms with Gasteiger partial charge in [-0.1, -0.05) is 28.1 Å². The van der Waals surface area contributed by atoms with E-state index in [1.54, 1.807) is 35.0 Å². The summed E-state index contributed by atoms with van der Waals surface area (Å²) >= 11 is 3.39. The number of hydrogen-bond donors (Lipinski definition) is 1. The maximum atomic E-state index is 13.0. The molecule has 0 radical (unpaired) electrons. The predicted molar refractivity (Wildman–Crippen MR) is 98.9 cm³/mol. The highest BCUT2D eigenvalue weighted by molar-refractivity contribution is 9.10. The number of carbonyl (C=O) groups is 1. The lowest BCUT2D eigenvalue weighted by Crippen LogP contribution is -2.30. The lowest BCUT2D eigenvalue weighted by molar-refractivity contribution is -0.122. The molecule has 3 rings (SSSR count). The Morgan fingerprint density at radius 1 is 1.20 bits per heavy atom. The van der Waals surface area contributed by atoms with E-state index in [4.69, 9.17) is 0 Å². The third-order valence-corrected chi connectivity index (χ3v) is 4.50. The van der Waals surface area contributed by atoms with Crippen LogP contribution in [0.4, 0.5) is 4.39 Å². The second-order valence-corrected chi connectivity index (χ2v) is 6.73. The van der Waals surface area contributed by atoms with Crippen LogP contribution in [-0.2, 0) is 11.3 Å². The lowest BCUT2D eigenvalue weighted by atomic mass is 10.1. The lowest BCUT2D eigenvalue weighted by Gasteiger charge is -2.16. The summed E-state index contributed by atoms with van der Waals surface area (Å²) < 4.78 is 15.6. The fraction of sp³-hybridized carbons (Fsp3) is 0.158. The average Bonchev–Trinajstić information content (AvgIpc) is 2.58. The minimum absolute atomic E-state index is 0.0821. The predicted octanol–water partition coefficient (Wildman–Crippen LogP) is 3.78. The standard InChI is InChI=1S/C19H16BrFN2O2/c1-12(13-2-5-15(21)6-3-13)22-19(25)11-23-9-8-18(24)16-7-4-14(20)10-17(16)23/h2-10,12H,11H2,1H3,(H,22,25). The Kier molecular flexibility index (Phi) is 4.99. The summed E-state index contributed by atoms with van der Waals surface area (Å²) in [5, 5.41) is 3.45. The topological polar surface area (TPSA) is 51.1 Å². The van der Waals surface area contributed by atoms with Crippen LogP contribution in [0.2, 0.25) is 0 Å². The molecule has 1 unspecified atom stereocenters. The van der Waals surface area contributed by atoms with E-state index in [0.717, 1.165) is 10.0 Å². The smallest absolute Gasteiger partial charge is 0.240 e.